The molecule has 0 saturated carbocycles. The van der Waals surface area contributed by atoms with Crippen LogP contribution in [-0.2, 0) is 15.9 Å². The maximum Gasteiger partial charge on any atom is 0.193 e. The molecule has 0 spiro atoms. The van der Waals surface area contributed by atoms with Gasteiger partial charge in [-0.1, -0.05) is 30.3 Å². The standard InChI is InChI=1S/C19H31N3O2.HI/c1-20-19(22(2)15-18-10-14-24-16-18)21-11-6-12-23-13-9-17-7-4-3-5-8-17;/h3-5,7-8,18H,6,9-16H2,1-2H3,(H,20,21);1H. The van der Waals surface area contributed by atoms with E-state index in [0.717, 1.165) is 64.7 Å². The highest BCUT2D eigenvalue weighted by molar-refractivity contribution is 14.0. The molecule has 1 N–H and O–H groups in total. The number of nitrogens with one attached hydrogen (secondary N) is 1. The molecule has 5 nitrogen and oxygen atoms in total. The fourth-order valence-electron chi connectivity index (χ4n) is 2.90. The first-order chi connectivity index (χ1) is 11.8. The van der Waals surface area contributed by atoms with E-state index >= 15 is 0 Å². The van der Waals surface area contributed by atoms with Gasteiger partial charge in [0.2, 0.25) is 0 Å². The lowest BCUT2D eigenvalue weighted by Gasteiger charge is -2.24. The number of aliphatic imine (C=N–C) groups is 1. The summed E-state index contributed by atoms with van der Waals surface area (Å²) in [6.45, 7) is 5.19. The van der Waals surface area contributed by atoms with Crippen LogP contribution in [0.25, 0.3) is 0 Å². The lowest BCUT2D eigenvalue weighted by Crippen LogP contribution is -2.42. The van der Waals surface area contributed by atoms with Gasteiger partial charge >= 0.3 is 0 Å². The number of ether oxygens (including phenoxy) is 2. The van der Waals surface area contributed by atoms with E-state index < -0.39 is 0 Å². The second-order valence-electron chi connectivity index (χ2n) is 6.29. The van der Waals surface area contributed by atoms with E-state index in [4.69, 9.17) is 9.47 Å². The zero-order chi connectivity index (χ0) is 17.0. The fourth-order valence-corrected chi connectivity index (χ4v) is 2.90. The van der Waals surface area contributed by atoms with Crippen molar-refractivity contribution in [2.75, 3.05) is 53.6 Å². The van der Waals surface area contributed by atoms with Gasteiger partial charge in [-0.05, 0) is 24.8 Å². The second-order valence-corrected chi connectivity index (χ2v) is 6.29. The molecule has 1 unspecified atom stereocenters. The molecule has 0 aliphatic carbocycles. The van der Waals surface area contributed by atoms with E-state index in [1.807, 2.05) is 13.1 Å². The Kier molecular flexibility index (Phi) is 11.9. The highest BCUT2D eigenvalue weighted by Crippen LogP contribution is 2.13. The molecule has 0 bridgehead atoms. The van der Waals surface area contributed by atoms with Crippen LogP contribution < -0.4 is 5.32 Å². The lowest BCUT2D eigenvalue weighted by atomic mass is 10.1. The Labute approximate surface area is 169 Å². The van der Waals surface area contributed by atoms with Crippen molar-refractivity contribution in [1.82, 2.24) is 10.2 Å². The first kappa shape index (κ1) is 22.2. The molecule has 1 aromatic carbocycles. The third kappa shape index (κ3) is 8.87. The smallest absolute Gasteiger partial charge is 0.193 e. The van der Waals surface area contributed by atoms with Crippen molar-refractivity contribution in [2.24, 2.45) is 10.9 Å². The number of halogens is 1. The summed E-state index contributed by atoms with van der Waals surface area (Å²) < 4.78 is 11.1. The third-order valence-corrected chi connectivity index (χ3v) is 4.26. The molecule has 0 radical (unpaired) electrons. The molecule has 1 fully saturated rings. The van der Waals surface area contributed by atoms with Gasteiger partial charge < -0.3 is 19.7 Å². The average molecular weight is 461 g/mol. The van der Waals surface area contributed by atoms with Crippen LogP contribution in [0.15, 0.2) is 35.3 Å². The van der Waals surface area contributed by atoms with E-state index in [9.17, 15) is 0 Å². The first-order valence-electron chi connectivity index (χ1n) is 8.91. The molecule has 6 heteroatoms. The predicted octanol–water partition coefficient (Wildman–Crippen LogP) is 2.80. The lowest BCUT2D eigenvalue weighted by molar-refractivity contribution is 0.135. The fraction of sp³-hybridized carbons (Fsp3) is 0.632. The Morgan fingerprint density at radius 2 is 2.12 bits per heavy atom. The number of guanidine groups is 1. The van der Waals surface area contributed by atoms with E-state index in [1.165, 1.54) is 5.56 Å². The summed E-state index contributed by atoms with van der Waals surface area (Å²) in [5, 5.41) is 3.41. The topological polar surface area (TPSA) is 46.1 Å². The summed E-state index contributed by atoms with van der Waals surface area (Å²) in [5.41, 5.74) is 1.33. The summed E-state index contributed by atoms with van der Waals surface area (Å²) in [4.78, 5) is 6.54. The van der Waals surface area contributed by atoms with Gasteiger partial charge in [-0.15, -0.1) is 24.0 Å². The molecule has 0 amide bonds. The van der Waals surface area contributed by atoms with Gasteiger partial charge in [0.15, 0.2) is 5.96 Å². The van der Waals surface area contributed by atoms with Crippen LogP contribution in [0.1, 0.15) is 18.4 Å². The maximum absolute atomic E-state index is 5.71. The molecule has 2 rings (SSSR count). The van der Waals surface area contributed by atoms with E-state index in [-0.39, 0.29) is 24.0 Å². The molecule has 1 heterocycles. The molecule has 1 atom stereocenters. The van der Waals surface area contributed by atoms with E-state index in [0.29, 0.717) is 5.92 Å². The van der Waals surface area contributed by atoms with Crippen LogP contribution >= 0.6 is 24.0 Å². The molecule has 0 aromatic heterocycles. The van der Waals surface area contributed by atoms with Gasteiger partial charge in [0, 0.05) is 46.3 Å². The van der Waals surface area contributed by atoms with Crippen molar-refractivity contribution >= 4 is 29.9 Å². The summed E-state index contributed by atoms with van der Waals surface area (Å²) in [6, 6.07) is 10.5. The van der Waals surface area contributed by atoms with Gasteiger partial charge in [0.05, 0.1) is 13.2 Å². The van der Waals surface area contributed by atoms with Gasteiger partial charge in [-0.3, -0.25) is 4.99 Å². The van der Waals surface area contributed by atoms with E-state index in [1.54, 1.807) is 0 Å². The van der Waals surface area contributed by atoms with Gasteiger partial charge in [-0.2, -0.15) is 0 Å². The van der Waals surface area contributed by atoms with Crippen LogP contribution in [0.5, 0.6) is 0 Å². The summed E-state index contributed by atoms with van der Waals surface area (Å²) in [7, 11) is 3.92. The molecule has 142 valence electrons. The monoisotopic (exact) mass is 461 g/mol. The van der Waals surface area contributed by atoms with Gasteiger partial charge in [0.25, 0.3) is 0 Å². The largest absolute Gasteiger partial charge is 0.381 e. The van der Waals surface area contributed by atoms with Crippen LogP contribution in [0.3, 0.4) is 0 Å². The minimum atomic E-state index is 0. The highest BCUT2D eigenvalue weighted by Gasteiger charge is 2.18. The van der Waals surface area contributed by atoms with Crippen molar-refractivity contribution in [1.29, 1.82) is 0 Å². The molecule has 1 aromatic rings. The molecule has 1 aliphatic heterocycles. The number of hydrogen-bond acceptors (Lipinski definition) is 3. The average Bonchev–Trinajstić information content (AvgIpc) is 3.11. The molecular formula is C19H32IN3O2. The number of rotatable bonds is 9. The SMILES string of the molecule is CN=C(NCCCOCCc1ccccc1)N(C)CC1CCOC1.I. The summed E-state index contributed by atoms with van der Waals surface area (Å²) in [6.07, 6.45) is 3.10. The van der Waals surface area contributed by atoms with Crippen LogP contribution in [-0.4, -0.2) is 64.5 Å². The Hall–Kier alpha value is -0.860. The molecule has 1 saturated heterocycles. The number of nitrogens with zero attached hydrogens (tertiary/aromatic N) is 2. The predicted molar refractivity (Wildman–Crippen MR) is 114 cm³/mol. The van der Waals surface area contributed by atoms with Crippen LogP contribution in [0.4, 0.5) is 0 Å². The normalized spacial score (nSPS) is 17.2. The van der Waals surface area contributed by atoms with Crippen molar-refractivity contribution in [2.45, 2.75) is 19.3 Å². The Bertz CT molecular complexity index is 479. The zero-order valence-corrected chi connectivity index (χ0v) is 17.8. The minimum absolute atomic E-state index is 0. The zero-order valence-electron chi connectivity index (χ0n) is 15.4. The second kappa shape index (κ2) is 13.4. The Balaban J connectivity index is 0.00000312. The van der Waals surface area contributed by atoms with Crippen LogP contribution in [0, 0.1) is 5.92 Å². The quantitative estimate of drug-likeness (QED) is 0.266. The number of benzene rings is 1. The molecule has 1 aliphatic rings. The Morgan fingerprint density at radius 3 is 2.80 bits per heavy atom. The Morgan fingerprint density at radius 1 is 1.32 bits per heavy atom. The summed E-state index contributed by atoms with van der Waals surface area (Å²) in [5.74, 6) is 1.57. The van der Waals surface area contributed by atoms with Crippen LogP contribution in [0.2, 0.25) is 0 Å². The van der Waals surface area contributed by atoms with Crippen molar-refractivity contribution in [3.63, 3.8) is 0 Å². The first-order valence-corrected chi connectivity index (χ1v) is 8.91. The minimum Gasteiger partial charge on any atom is -0.381 e. The molecule has 25 heavy (non-hydrogen) atoms. The van der Waals surface area contributed by atoms with Crippen molar-refractivity contribution < 1.29 is 9.47 Å². The van der Waals surface area contributed by atoms with Gasteiger partial charge in [-0.25, -0.2) is 0 Å². The highest BCUT2D eigenvalue weighted by atomic mass is 127. The molecular weight excluding hydrogens is 429 g/mol. The number of hydrogen-bond donors (Lipinski definition) is 1. The van der Waals surface area contributed by atoms with Gasteiger partial charge in [0.1, 0.15) is 0 Å². The van der Waals surface area contributed by atoms with Crippen molar-refractivity contribution in [3.8, 4) is 0 Å². The van der Waals surface area contributed by atoms with E-state index in [2.05, 4.69) is 46.5 Å². The van der Waals surface area contributed by atoms with Crippen molar-refractivity contribution in [3.05, 3.63) is 35.9 Å². The third-order valence-electron chi connectivity index (χ3n) is 4.26. The maximum atomic E-state index is 5.71. The summed E-state index contributed by atoms with van der Waals surface area (Å²) >= 11 is 0.